The van der Waals surface area contributed by atoms with Crippen molar-refractivity contribution < 1.29 is 4.42 Å². The number of thiazole rings is 1. The van der Waals surface area contributed by atoms with Gasteiger partial charge in [0.15, 0.2) is 0 Å². The van der Waals surface area contributed by atoms with Gasteiger partial charge in [0.2, 0.25) is 5.13 Å². The molecule has 3 heterocycles. The molecule has 0 spiro atoms. The molecule has 0 saturated heterocycles. The molecule has 0 radical (unpaired) electrons. The number of nitrogens with zero attached hydrogens (tertiary/aromatic N) is 3. The van der Waals surface area contributed by atoms with Gasteiger partial charge in [-0.3, -0.25) is 0 Å². The van der Waals surface area contributed by atoms with Crippen LogP contribution in [0.3, 0.4) is 0 Å². The highest BCUT2D eigenvalue weighted by Gasteiger charge is 2.42. The van der Waals surface area contributed by atoms with Crippen LogP contribution in [0.15, 0.2) is 117 Å². The summed E-state index contributed by atoms with van der Waals surface area (Å²) in [6.45, 7) is 0. The van der Waals surface area contributed by atoms with E-state index in [0.29, 0.717) is 11.1 Å². The van der Waals surface area contributed by atoms with Crippen LogP contribution in [0.2, 0.25) is 0 Å². The third-order valence-electron chi connectivity index (χ3n) is 7.38. The van der Waals surface area contributed by atoms with E-state index in [1.54, 1.807) is 6.20 Å². The number of para-hydroxylation sites is 1. The molecule has 0 bridgehead atoms. The van der Waals surface area contributed by atoms with E-state index in [0.717, 1.165) is 40.4 Å². The Morgan fingerprint density at radius 2 is 1.71 bits per heavy atom. The Morgan fingerprint density at radius 3 is 2.55 bits per heavy atom. The van der Waals surface area contributed by atoms with Crippen LogP contribution >= 0.6 is 11.3 Å². The summed E-state index contributed by atoms with van der Waals surface area (Å²) in [5.74, 6) is 0.277. The molecule has 3 aromatic carbocycles. The van der Waals surface area contributed by atoms with E-state index >= 15 is 0 Å². The van der Waals surface area contributed by atoms with Gasteiger partial charge in [-0.1, -0.05) is 90.2 Å². The second-order valence-electron chi connectivity index (χ2n) is 9.76. The van der Waals surface area contributed by atoms with Crippen molar-refractivity contribution in [3.63, 3.8) is 0 Å². The van der Waals surface area contributed by atoms with Gasteiger partial charge in [0.1, 0.15) is 5.58 Å². The lowest BCUT2D eigenvalue weighted by molar-refractivity contribution is 0.487. The number of fused-ring (bicyclic) bond motifs is 2. The molecule has 1 fully saturated rings. The quantitative estimate of drug-likeness (QED) is 0.230. The first-order valence-electron chi connectivity index (χ1n) is 12.9. The lowest BCUT2D eigenvalue weighted by Gasteiger charge is -2.29. The van der Waals surface area contributed by atoms with E-state index in [1.807, 2.05) is 42.5 Å². The van der Waals surface area contributed by atoms with Crippen molar-refractivity contribution >= 4 is 39.2 Å². The van der Waals surface area contributed by atoms with Gasteiger partial charge in [0.25, 0.3) is 0 Å². The molecule has 186 valence electrons. The van der Waals surface area contributed by atoms with Crippen LogP contribution in [0.4, 0.5) is 5.13 Å². The Labute approximate surface area is 224 Å². The van der Waals surface area contributed by atoms with Crippen LogP contribution in [0.25, 0.3) is 27.5 Å². The van der Waals surface area contributed by atoms with Crippen LogP contribution in [0, 0.1) is 5.92 Å². The van der Waals surface area contributed by atoms with Gasteiger partial charge in [-0.15, -0.1) is 0 Å². The molecule has 38 heavy (non-hydrogen) atoms. The highest BCUT2D eigenvalue weighted by molar-refractivity contribution is 7.18. The van der Waals surface area contributed by atoms with Gasteiger partial charge < -0.3 is 4.42 Å². The highest BCUT2D eigenvalue weighted by atomic mass is 32.1. The van der Waals surface area contributed by atoms with Crippen LogP contribution < -0.4 is 10.6 Å². The molecule has 2 atom stereocenters. The number of hydrazone groups is 1. The molecule has 5 aromatic rings. The maximum atomic E-state index is 12.8. The summed E-state index contributed by atoms with van der Waals surface area (Å²) in [4.78, 5) is 18.4. The Balaban J connectivity index is 1.32. The molecule has 6 heteroatoms. The predicted molar refractivity (Wildman–Crippen MR) is 154 cm³/mol. The van der Waals surface area contributed by atoms with E-state index in [1.165, 1.54) is 28.0 Å². The van der Waals surface area contributed by atoms with Gasteiger partial charge >= 0.3 is 5.63 Å². The lowest BCUT2D eigenvalue weighted by atomic mass is 9.77. The molecule has 2 aliphatic rings. The summed E-state index contributed by atoms with van der Waals surface area (Å²) in [5.41, 5.74) is 5.62. The zero-order chi connectivity index (χ0) is 25.5. The summed E-state index contributed by atoms with van der Waals surface area (Å²) in [7, 11) is 0. The number of benzene rings is 3. The number of hydrogen-bond acceptors (Lipinski definition) is 6. The molecule has 0 N–H and O–H groups in total. The van der Waals surface area contributed by atoms with E-state index in [9.17, 15) is 4.79 Å². The number of anilines is 1. The minimum absolute atomic E-state index is 0.0534. The van der Waals surface area contributed by atoms with E-state index in [2.05, 4.69) is 59.6 Å². The molecule has 0 unspecified atom stereocenters. The smallest absolute Gasteiger partial charge is 0.345 e. The zero-order valence-corrected chi connectivity index (χ0v) is 21.5. The van der Waals surface area contributed by atoms with E-state index < -0.39 is 0 Å². The van der Waals surface area contributed by atoms with Crippen molar-refractivity contribution in [2.45, 2.75) is 25.3 Å². The number of hydrogen-bond donors (Lipinski definition) is 0. The van der Waals surface area contributed by atoms with Gasteiger partial charge in [0.05, 0.1) is 22.2 Å². The van der Waals surface area contributed by atoms with Crippen LogP contribution in [-0.4, -0.2) is 10.7 Å². The normalized spacial score (nSPS) is 20.1. The van der Waals surface area contributed by atoms with E-state index in [-0.39, 0.29) is 17.6 Å². The molecule has 1 saturated carbocycles. The maximum absolute atomic E-state index is 12.8. The SMILES string of the molecule is O=c1oc2ccccc2cc1-c1cnc(N2N=C3/C(=C\c4ccccc4)CCC[C@H]3[C@H]2c2ccccc2)s1. The maximum Gasteiger partial charge on any atom is 0.345 e. The average molecular weight is 516 g/mol. The van der Waals surface area contributed by atoms with Gasteiger partial charge in [-0.05, 0) is 54.2 Å². The minimum atomic E-state index is -0.354. The van der Waals surface area contributed by atoms with Gasteiger partial charge in [-0.25, -0.2) is 14.8 Å². The molecule has 1 aliphatic carbocycles. The molecule has 5 nitrogen and oxygen atoms in total. The average Bonchev–Trinajstić information content (AvgIpc) is 3.60. The molecular weight excluding hydrogens is 490 g/mol. The lowest BCUT2D eigenvalue weighted by Crippen LogP contribution is -2.27. The third-order valence-corrected chi connectivity index (χ3v) is 8.40. The summed E-state index contributed by atoms with van der Waals surface area (Å²) in [6.07, 6.45) is 7.27. The molecular formula is C32H25N3O2S. The van der Waals surface area contributed by atoms with Crippen LogP contribution in [0.1, 0.15) is 36.4 Å². The number of aromatic nitrogens is 1. The Hall–Kier alpha value is -4.29. The Bertz CT molecular complexity index is 1740. The minimum Gasteiger partial charge on any atom is -0.422 e. The molecule has 2 aromatic heterocycles. The fourth-order valence-corrected chi connectivity index (χ4v) is 6.53. The monoisotopic (exact) mass is 515 g/mol. The first-order valence-corrected chi connectivity index (χ1v) is 13.7. The molecule has 0 amide bonds. The van der Waals surface area contributed by atoms with Crippen molar-refractivity contribution in [1.82, 2.24) is 4.98 Å². The first-order chi connectivity index (χ1) is 18.7. The standard InChI is InChI=1S/C32H25N3O2S/c36-31-26(19-23-14-7-8-17-27(23)37-31)28-20-33-32(38-28)35-30(22-12-5-2-6-13-22)25-16-9-15-24(29(25)34-35)18-21-10-3-1-4-11-21/h1-8,10-14,17-20,25,30H,9,15-16H2/b24-18-/t25-,30-/m1/s1. The first kappa shape index (κ1) is 22.9. The Kier molecular flexibility index (Phi) is 5.74. The van der Waals surface area contributed by atoms with Crippen LogP contribution in [0.5, 0.6) is 0 Å². The fourth-order valence-electron chi connectivity index (χ4n) is 5.62. The fraction of sp³-hybridized carbons (Fsp3) is 0.156. The third kappa shape index (κ3) is 4.07. The van der Waals surface area contributed by atoms with Crippen molar-refractivity contribution in [1.29, 1.82) is 0 Å². The Morgan fingerprint density at radius 1 is 0.947 bits per heavy atom. The predicted octanol–water partition coefficient (Wildman–Crippen LogP) is 7.72. The summed E-state index contributed by atoms with van der Waals surface area (Å²) >= 11 is 1.48. The summed E-state index contributed by atoms with van der Waals surface area (Å²) < 4.78 is 5.59. The van der Waals surface area contributed by atoms with Crippen molar-refractivity contribution in [3.05, 3.63) is 124 Å². The van der Waals surface area contributed by atoms with Gasteiger partial charge in [-0.2, -0.15) is 5.10 Å². The zero-order valence-electron chi connectivity index (χ0n) is 20.7. The van der Waals surface area contributed by atoms with Crippen molar-refractivity contribution in [3.8, 4) is 10.4 Å². The molecule has 7 rings (SSSR count). The second-order valence-corrected chi connectivity index (χ2v) is 10.8. The second kappa shape index (κ2) is 9.54. The molecule has 1 aliphatic heterocycles. The van der Waals surface area contributed by atoms with Crippen molar-refractivity contribution in [2.75, 3.05) is 5.01 Å². The summed E-state index contributed by atoms with van der Waals surface area (Å²) in [5, 5.41) is 8.97. The summed E-state index contributed by atoms with van der Waals surface area (Å²) in [6, 6.07) is 30.6. The largest absolute Gasteiger partial charge is 0.422 e. The van der Waals surface area contributed by atoms with Crippen LogP contribution in [-0.2, 0) is 0 Å². The topological polar surface area (TPSA) is 58.7 Å². The van der Waals surface area contributed by atoms with E-state index in [4.69, 9.17) is 14.5 Å². The number of allylic oxidation sites excluding steroid dienone is 1. The van der Waals surface area contributed by atoms with Crippen molar-refractivity contribution in [2.24, 2.45) is 11.0 Å². The van der Waals surface area contributed by atoms with Gasteiger partial charge in [0, 0.05) is 17.5 Å². The highest BCUT2D eigenvalue weighted by Crippen LogP contribution is 2.47. The number of rotatable bonds is 4.